The summed E-state index contributed by atoms with van der Waals surface area (Å²) in [6, 6.07) is 10.1. The van der Waals surface area contributed by atoms with Crippen LogP contribution in [0.5, 0.6) is 0 Å². The van der Waals surface area contributed by atoms with Crippen molar-refractivity contribution in [3.8, 4) is 5.69 Å². The van der Waals surface area contributed by atoms with E-state index < -0.39 is 0 Å². The van der Waals surface area contributed by atoms with Crippen LogP contribution in [0.1, 0.15) is 25.1 Å². The second-order valence-corrected chi connectivity index (χ2v) is 5.04. The van der Waals surface area contributed by atoms with E-state index in [9.17, 15) is 5.11 Å². The number of aromatic nitrogens is 3. The minimum absolute atomic E-state index is 0.189. The third-order valence-corrected chi connectivity index (χ3v) is 3.70. The predicted molar refractivity (Wildman–Crippen MR) is 72.0 cm³/mol. The molecule has 0 radical (unpaired) electrons. The first-order valence-corrected chi connectivity index (χ1v) is 6.64. The Morgan fingerprint density at radius 1 is 1.32 bits per heavy atom. The highest BCUT2D eigenvalue weighted by Gasteiger charge is 2.26. The molecule has 2 atom stereocenters. The summed E-state index contributed by atoms with van der Waals surface area (Å²) in [5, 5.41) is 18.0. The topological polar surface area (TPSA) is 54.2 Å². The van der Waals surface area contributed by atoms with Gasteiger partial charge < -0.3 is 5.11 Å². The first-order valence-electron chi connectivity index (χ1n) is 6.64. The van der Waals surface area contributed by atoms with Crippen LogP contribution in [0.3, 0.4) is 0 Å². The molecule has 0 bridgehead atoms. The van der Waals surface area contributed by atoms with Gasteiger partial charge in [0.05, 0.1) is 29.7 Å². The summed E-state index contributed by atoms with van der Waals surface area (Å²) in [4.78, 5) is 2.24. The molecule has 1 N–H and O–H groups in total. The van der Waals surface area contributed by atoms with Gasteiger partial charge in [0, 0.05) is 13.1 Å². The second-order valence-electron chi connectivity index (χ2n) is 5.04. The molecule has 1 fully saturated rings. The second kappa shape index (κ2) is 5.11. The smallest absolute Gasteiger partial charge is 0.1000 e. The Kier molecular flexibility index (Phi) is 3.31. The molecule has 1 aliphatic heterocycles. The standard InChI is InChI=1S/C14H18N4O/c1-11(17-8-7-13(19)9-17)14-10-18(16-15-14)12-5-3-2-4-6-12/h2-6,10-11,13,19H,7-9H2,1H3/t11?,13-/m0/s1. The van der Waals surface area contributed by atoms with Gasteiger partial charge in [0.1, 0.15) is 0 Å². The number of likely N-dealkylation sites (tertiary alicyclic amines) is 1. The van der Waals surface area contributed by atoms with Crippen LogP contribution in [0.2, 0.25) is 0 Å². The van der Waals surface area contributed by atoms with Gasteiger partial charge in [-0.15, -0.1) is 5.10 Å². The van der Waals surface area contributed by atoms with Crippen molar-refractivity contribution >= 4 is 0 Å². The lowest BCUT2D eigenvalue weighted by Crippen LogP contribution is -2.25. The van der Waals surface area contributed by atoms with Gasteiger partial charge in [-0.3, -0.25) is 4.90 Å². The van der Waals surface area contributed by atoms with Crippen LogP contribution in [0.15, 0.2) is 36.5 Å². The molecule has 0 amide bonds. The summed E-state index contributed by atoms with van der Waals surface area (Å²) in [6.45, 7) is 3.75. The number of aliphatic hydroxyl groups is 1. The van der Waals surface area contributed by atoms with Crippen molar-refractivity contribution in [3.05, 3.63) is 42.2 Å². The van der Waals surface area contributed by atoms with Crippen LogP contribution in [-0.2, 0) is 0 Å². The summed E-state index contributed by atoms with van der Waals surface area (Å²) >= 11 is 0. The number of aliphatic hydroxyl groups excluding tert-OH is 1. The number of benzene rings is 1. The van der Waals surface area contributed by atoms with Gasteiger partial charge >= 0.3 is 0 Å². The van der Waals surface area contributed by atoms with Crippen molar-refractivity contribution in [1.29, 1.82) is 0 Å². The van der Waals surface area contributed by atoms with E-state index in [-0.39, 0.29) is 12.1 Å². The molecule has 0 spiro atoms. The van der Waals surface area contributed by atoms with E-state index in [1.807, 2.05) is 36.5 Å². The van der Waals surface area contributed by atoms with Gasteiger partial charge in [-0.05, 0) is 25.5 Å². The van der Waals surface area contributed by atoms with Crippen LogP contribution in [-0.4, -0.2) is 44.2 Å². The van der Waals surface area contributed by atoms with Crippen molar-refractivity contribution in [2.45, 2.75) is 25.5 Å². The normalized spacial score (nSPS) is 21.7. The van der Waals surface area contributed by atoms with Gasteiger partial charge in [-0.25, -0.2) is 4.68 Å². The maximum Gasteiger partial charge on any atom is 0.1000 e. The van der Waals surface area contributed by atoms with E-state index in [1.165, 1.54) is 0 Å². The molecule has 3 rings (SSSR count). The molecule has 1 aromatic heterocycles. The Labute approximate surface area is 112 Å². The number of nitrogens with zero attached hydrogens (tertiary/aromatic N) is 4. The van der Waals surface area contributed by atoms with Gasteiger partial charge in [0.2, 0.25) is 0 Å². The fraction of sp³-hybridized carbons (Fsp3) is 0.429. The van der Waals surface area contributed by atoms with Crippen LogP contribution >= 0.6 is 0 Å². The third kappa shape index (κ3) is 2.52. The summed E-state index contributed by atoms with van der Waals surface area (Å²) in [6.07, 6.45) is 2.61. The Morgan fingerprint density at radius 2 is 2.11 bits per heavy atom. The van der Waals surface area contributed by atoms with Crippen LogP contribution < -0.4 is 0 Å². The molecule has 5 heteroatoms. The molecule has 100 valence electrons. The van der Waals surface area contributed by atoms with Gasteiger partial charge in [0.25, 0.3) is 0 Å². The quantitative estimate of drug-likeness (QED) is 0.904. The van der Waals surface area contributed by atoms with Crippen molar-refractivity contribution < 1.29 is 5.11 Å². The zero-order valence-corrected chi connectivity index (χ0v) is 11.0. The van der Waals surface area contributed by atoms with Gasteiger partial charge in [-0.2, -0.15) is 0 Å². The summed E-state index contributed by atoms with van der Waals surface area (Å²) in [5.74, 6) is 0. The number of hydrogen-bond acceptors (Lipinski definition) is 4. The molecular weight excluding hydrogens is 240 g/mol. The minimum atomic E-state index is -0.202. The molecule has 19 heavy (non-hydrogen) atoms. The lowest BCUT2D eigenvalue weighted by Gasteiger charge is -2.21. The van der Waals surface area contributed by atoms with E-state index in [4.69, 9.17) is 0 Å². The van der Waals surface area contributed by atoms with Crippen LogP contribution in [0.25, 0.3) is 5.69 Å². The van der Waals surface area contributed by atoms with E-state index in [0.717, 1.165) is 30.9 Å². The summed E-state index contributed by atoms with van der Waals surface area (Å²) in [7, 11) is 0. The number of hydrogen-bond donors (Lipinski definition) is 1. The van der Waals surface area contributed by atoms with Crippen molar-refractivity contribution in [2.24, 2.45) is 0 Å². The maximum absolute atomic E-state index is 9.60. The third-order valence-electron chi connectivity index (χ3n) is 3.70. The maximum atomic E-state index is 9.60. The predicted octanol–water partition coefficient (Wildman–Crippen LogP) is 1.39. The van der Waals surface area contributed by atoms with E-state index in [1.54, 1.807) is 4.68 Å². The highest BCUT2D eigenvalue weighted by Crippen LogP contribution is 2.23. The first-order chi connectivity index (χ1) is 9.24. The van der Waals surface area contributed by atoms with Gasteiger partial charge in [-0.1, -0.05) is 23.4 Å². The number of β-amino-alcohol motifs (C(OH)–C–C–N with tert-alkyl or cyclic N) is 1. The molecule has 2 aromatic rings. The summed E-state index contributed by atoms with van der Waals surface area (Å²) < 4.78 is 1.79. The summed E-state index contributed by atoms with van der Waals surface area (Å²) in [5.41, 5.74) is 1.95. The Balaban J connectivity index is 1.78. The van der Waals surface area contributed by atoms with Crippen LogP contribution in [0, 0.1) is 0 Å². The SMILES string of the molecule is CC(c1cn(-c2ccccc2)nn1)N1CC[C@H](O)C1. The van der Waals surface area contributed by atoms with E-state index in [0.29, 0.717) is 0 Å². The lowest BCUT2D eigenvalue weighted by atomic mass is 10.2. The molecule has 1 aromatic carbocycles. The zero-order chi connectivity index (χ0) is 13.2. The number of para-hydroxylation sites is 1. The average molecular weight is 258 g/mol. The highest BCUT2D eigenvalue weighted by atomic mass is 16.3. The monoisotopic (exact) mass is 258 g/mol. The Bertz CT molecular complexity index is 539. The lowest BCUT2D eigenvalue weighted by molar-refractivity contribution is 0.162. The Morgan fingerprint density at radius 3 is 2.79 bits per heavy atom. The largest absolute Gasteiger partial charge is 0.392 e. The fourth-order valence-electron chi connectivity index (χ4n) is 2.48. The van der Waals surface area contributed by atoms with Crippen LogP contribution in [0.4, 0.5) is 0 Å². The fourth-order valence-corrected chi connectivity index (χ4v) is 2.48. The molecule has 0 aliphatic carbocycles. The molecule has 1 saturated heterocycles. The van der Waals surface area contributed by atoms with Gasteiger partial charge in [0.15, 0.2) is 0 Å². The van der Waals surface area contributed by atoms with E-state index >= 15 is 0 Å². The van der Waals surface area contributed by atoms with Crippen molar-refractivity contribution in [1.82, 2.24) is 19.9 Å². The van der Waals surface area contributed by atoms with Crippen molar-refractivity contribution in [2.75, 3.05) is 13.1 Å². The molecular formula is C14H18N4O. The molecule has 0 saturated carbocycles. The molecule has 5 nitrogen and oxygen atoms in total. The molecule has 1 aliphatic rings. The minimum Gasteiger partial charge on any atom is -0.392 e. The molecule has 2 heterocycles. The zero-order valence-electron chi connectivity index (χ0n) is 11.0. The average Bonchev–Trinajstić information content (AvgIpc) is 3.08. The Hall–Kier alpha value is -1.72. The molecule has 1 unspecified atom stereocenters. The highest BCUT2D eigenvalue weighted by molar-refractivity contribution is 5.30. The van der Waals surface area contributed by atoms with E-state index in [2.05, 4.69) is 22.1 Å². The van der Waals surface area contributed by atoms with Crippen molar-refractivity contribution in [3.63, 3.8) is 0 Å². The first kappa shape index (κ1) is 12.3. The number of rotatable bonds is 3.